The van der Waals surface area contributed by atoms with Gasteiger partial charge in [0, 0.05) is 26.1 Å². The molecular formula is C10H17N3O. The number of hydrogen-bond acceptors (Lipinski definition) is 3. The Balaban J connectivity index is 2.27. The molecule has 0 aliphatic heterocycles. The molecule has 0 saturated heterocycles. The van der Waals surface area contributed by atoms with E-state index in [2.05, 4.69) is 10.4 Å². The predicted molar refractivity (Wildman–Crippen MR) is 55.1 cm³/mol. The van der Waals surface area contributed by atoms with E-state index in [0.717, 1.165) is 18.5 Å². The molecule has 0 aliphatic carbocycles. The maximum Gasteiger partial charge on any atom is 0.137 e. The molecule has 78 valence electrons. The van der Waals surface area contributed by atoms with Crippen LogP contribution in [0.4, 0.5) is 0 Å². The Morgan fingerprint density at radius 1 is 1.64 bits per heavy atom. The highest BCUT2D eigenvalue weighted by molar-refractivity contribution is 5.80. The van der Waals surface area contributed by atoms with E-state index in [9.17, 15) is 4.79 Å². The first kappa shape index (κ1) is 10.9. The summed E-state index contributed by atoms with van der Waals surface area (Å²) in [6.07, 6.45) is 5.70. The molecule has 1 aromatic heterocycles. The fraction of sp³-hybridized carbons (Fsp3) is 0.600. The van der Waals surface area contributed by atoms with Gasteiger partial charge in [-0.1, -0.05) is 0 Å². The zero-order chi connectivity index (χ0) is 10.4. The van der Waals surface area contributed by atoms with Crippen molar-refractivity contribution < 1.29 is 4.79 Å². The SMILES string of the molecule is CNCCCC(=O)Cc1cnn(C)c1. The van der Waals surface area contributed by atoms with Crippen LogP contribution in [0.15, 0.2) is 12.4 Å². The highest BCUT2D eigenvalue weighted by Crippen LogP contribution is 2.01. The molecule has 1 N–H and O–H groups in total. The molecule has 1 aromatic rings. The maximum absolute atomic E-state index is 11.4. The van der Waals surface area contributed by atoms with Crippen LogP contribution in [0.25, 0.3) is 0 Å². The smallest absolute Gasteiger partial charge is 0.137 e. The van der Waals surface area contributed by atoms with Crippen LogP contribution in [0.1, 0.15) is 18.4 Å². The Labute approximate surface area is 84.3 Å². The Hall–Kier alpha value is -1.16. The fourth-order valence-electron chi connectivity index (χ4n) is 1.34. The van der Waals surface area contributed by atoms with Crippen molar-refractivity contribution in [3.05, 3.63) is 18.0 Å². The number of nitrogens with zero attached hydrogens (tertiary/aromatic N) is 2. The predicted octanol–water partition coefficient (Wildman–Crippen LogP) is 0.531. The van der Waals surface area contributed by atoms with Gasteiger partial charge >= 0.3 is 0 Å². The average Bonchev–Trinajstić information content (AvgIpc) is 2.52. The molecule has 14 heavy (non-hydrogen) atoms. The lowest BCUT2D eigenvalue weighted by Crippen LogP contribution is -2.10. The number of ketones is 1. The van der Waals surface area contributed by atoms with Crippen LogP contribution in [-0.4, -0.2) is 29.2 Å². The summed E-state index contributed by atoms with van der Waals surface area (Å²) in [7, 11) is 3.75. The number of hydrogen-bond donors (Lipinski definition) is 1. The van der Waals surface area contributed by atoms with Gasteiger partial charge in [-0.2, -0.15) is 5.10 Å². The minimum atomic E-state index is 0.285. The van der Waals surface area contributed by atoms with Gasteiger partial charge in [0.15, 0.2) is 0 Å². The summed E-state index contributed by atoms with van der Waals surface area (Å²) in [5.41, 5.74) is 1.00. The highest BCUT2D eigenvalue weighted by atomic mass is 16.1. The number of carbonyl (C=O) groups is 1. The molecule has 0 atom stereocenters. The molecule has 4 heteroatoms. The van der Waals surface area contributed by atoms with Crippen molar-refractivity contribution in [3.8, 4) is 0 Å². The normalized spacial score (nSPS) is 10.4. The second-order valence-corrected chi connectivity index (χ2v) is 3.44. The van der Waals surface area contributed by atoms with E-state index in [4.69, 9.17) is 0 Å². The Morgan fingerprint density at radius 3 is 3.00 bits per heavy atom. The second kappa shape index (κ2) is 5.54. The quantitative estimate of drug-likeness (QED) is 0.674. The minimum absolute atomic E-state index is 0.285. The second-order valence-electron chi connectivity index (χ2n) is 3.44. The molecular weight excluding hydrogens is 178 g/mol. The van der Waals surface area contributed by atoms with E-state index >= 15 is 0 Å². The van der Waals surface area contributed by atoms with Gasteiger partial charge in [-0.05, 0) is 25.6 Å². The first-order chi connectivity index (χ1) is 6.72. The lowest BCUT2D eigenvalue weighted by atomic mass is 10.1. The Kier molecular flexibility index (Phi) is 4.32. The molecule has 0 fully saturated rings. The van der Waals surface area contributed by atoms with E-state index < -0.39 is 0 Å². The molecule has 0 spiro atoms. The van der Waals surface area contributed by atoms with Gasteiger partial charge in [0.25, 0.3) is 0 Å². The molecule has 0 amide bonds. The molecule has 0 aromatic carbocycles. The third-order valence-electron chi connectivity index (χ3n) is 2.04. The van der Waals surface area contributed by atoms with Crippen LogP contribution >= 0.6 is 0 Å². The zero-order valence-corrected chi connectivity index (χ0v) is 8.79. The summed E-state index contributed by atoms with van der Waals surface area (Å²) >= 11 is 0. The van der Waals surface area contributed by atoms with E-state index in [-0.39, 0.29) is 5.78 Å². The largest absolute Gasteiger partial charge is 0.320 e. The van der Waals surface area contributed by atoms with Gasteiger partial charge in [-0.3, -0.25) is 9.48 Å². The van der Waals surface area contributed by atoms with E-state index in [1.54, 1.807) is 10.9 Å². The van der Waals surface area contributed by atoms with Crippen LogP contribution in [0, 0.1) is 0 Å². The molecule has 0 unspecified atom stereocenters. The molecule has 4 nitrogen and oxygen atoms in total. The first-order valence-electron chi connectivity index (χ1n) is 4.86. The van der Waals surface area contributed by atoms with Crippen molar-refractivity contribution in [2.75, 3.05) is 13.6 Å². The lowest BCUT2D eigenvalue weighted by Gasteiger charge is -1.98. The maximum atomic E-state index is 11.4. The van der Waals surface area contributed by atoms with E-state index in [0.29, 0.717) is 12.8 Å². The van der Waals surface area contributed by atoms with Crippen LogP contribution in [0.5, 0.6) is 0 Å². The summed E-state index contributed by atoms with van der Waals surface area (Å²) in [5.74, 6) is 0.285. The Bertz CT molecular complexity index is 293. The van der Waals surface area contributed by atoms with Crippen molar-refractivity contribution >= 4 is 5.78 Å². The monoisotopic (exact) mass is 195 g/mol. The first-order valence-corrected chi connectivity index (χ1v) is 4.86. The van der Waals surface area contributed by atoms with Gasteiger partial charge in [-0.15, -0.1) is 0 Å². The minimum Gasteiger partial charge on any atom is -0.320 e. The molecule has 0 bridgehead atoms. The third-order valence-corrected chi connectivity index (χ3v) is 2.04. The molecule has 0 saturated carbocycles. The molecule has 0 aliphatic rings. The highest BCUT2D eigenvalue weighted by Gasteiger charge is 2.04. The van der Waals surface area contributed by atoms with Crippen molar-refractivity contribution in [2.45, 2.75) is 19.3 Å². The van der Waals surface area contributed by atoms with Crippen LogP contribution in [-0.2, 0) is 18.3 Å². The summed E-state index contributed by atoms with van der Waals surface area (Å²) < 4.78 is 1.72. The van der Waals surface area contributed by atoms with Gasteiger partial charge in [0.2, 0.25) is 0 Å². The number of Topliss-reactive ketones (excluding diaryl/α,β-unsaturated/α-hetero) is 1. The van der Waals surface area contributed by atoms with Crippen molar-refractivity contribution in [2.24, 2.45) is 7.05 Å². The van der Waals surface area contributed by atoms with Crippen molar-refractivity contribution in [1.29, 1.82) is 0 Å². The number of carbonyl (C=O) groups excluding carboxylic acids is 1. The lowest BCUT2D eigenvalue weighted by molar-refractivity contribution is -0.118. The molecule has 1 rings (SSSR count). The average molecular weight is 195 g/mol. The molecule has 0 radical (unpaired) electrons. The number of aromatic nitrogens is 2. The van der Waals surface area contributed by atoms with Crippen molar-refractivity contribution in [3.63, 3.8) is 0 Å². The standard InChI is InChI=1S/C10H17N3O/c1-11-5-3-4-10(14)6-9-7-12-13(2)8-9/h7-8,11H,3-6H2,1-2H3. The van der Waals surface area contributed by atoms with Crippen molar-refractivity contribution in [1.82, 2.24) is 15.1 Å². The number of nitrogens with one attached hydrogen (secondary N) is 1. The van der Waals surface area contributed by atoms with E-state index in [1.807, 2.05) is 20.3 Å². The topological polar surface area (TPSA) is 46.9 Å². The van der Waals surface area contributed by atoms with Gasteiger partial charge in [-0.25, -0.2) is 0 Å². The summed E-state index contributed by atoms with van der Waals surface area (Å²) in [6.45, 7) is 0.902. The third kappa shape index (κ3) is 3.70. The Morgan fingerprint density at radius 2 is 2.43 bits per heavy atom. The van der Waals surface area contributed by atoms with Gasteiger partial charge < -0.3 is 5.32 Å². The van der Waals surface area contributed by atoms with Crippen LogP contribution in [0.2, 0.25) is 0 Å². The van der Waals surface area contributed by atoms with Gasteiger partial charge in [0.05, 0.1) is 6.20 Å². The summed E-state index contributed by atoms with van der Waals surface area (Å²) in [4.78, 5) is 11.4. The number of aryl methyl sites for hydroxylation is 1. The summed E-state index contributed by atoms with van der Waals surface area (Å²) in [5, 5.41) is 7.04. The van der Waals surface area contributed by atoms with E-state index in [1.165, 1.54) is 0 Å². The molecule has 1 heterocycles. The summed E-state index contributed by atoms with van der Waals surface area (Å²) in [6, 6.07) is 0. The van der Waals surface area contributed by atoms with Crippen LogP contribution < -0.4 is 5.32 Å². The zero-order valence-electron chi connectivity index (χ0n) is 8.79. The number of rotatable bonds is 6. The fourth-order valence-corrected chi connectivity index (χ4v) is 1.34. The van der Waals surface area contributed by atoms with Gasteiger partial charge in [0.1, 0.15) is 5.78 Å². The van der Waals surface area contributed by atoms with Crippen LogP contribution in [0.3, 0.4) is 0 Å².